The van der Waals surface area contributed by atoms with Crippen LogP contribution in [0, 0.1) is 19.8 Å². The Labute approximate surface area is 181 Å². The van der Waals surface area contributed by atoms with Crippen LogP contribution in [0.1, 0.15) is 40.6 Å². The summed E-state index contributed by atoms with van der Waals surface area (Å²) in [5.41, 5.74) is 1.16. The van der Waals surface area contributed by atoms with Crippen molar-refractivity contribution in [2.45, 2.75) is 38.5 Å². The van der Waals surface area contributed by atoms with Crippen molar-refractivity contribution in [2.75, 3.05) is 25.0 Å². The maximum Gasteiger partial charge on any atom is 0.341 e. The van der Waals surface area contributed by atoms with E-state index < -0.39 is 21.9 Å². The topological polar surface area (TPSA) is 92.8 Å². The number of hydrogen-bond donors (Lipinski definition) is 1. The van der Waals surface area contributed by atoms with Crippen LogP contribution in [0.5, 0.6) is 0 Å². The molecule has 30 heavy (non-hydrogen) atoms. The van der Waals surface area contributed by atoms with Crippen LogP contribution in [0.25, 0.3) is 0 Å². The molecule has 0 bridgehead atoms. The van der Waals surface area contributed by atoms with Gasteiger partial charge in [0.2, 0.25) is 15.9 Å². The van der Waals surface area contributed by atoms with Crippen LogP contribution in [-0.4, -0.2) is 44.3 Å². The minimum atomic E-state index is -3.65. The van der Waals surface area contributed by atoms with Gasteiger partial charge in [-0.3, -0.25) is 4.79 Å². The average Bonchev–Trinajstić information content (AvgIpc) is 3.02. The molecule has 7 nitrogen and oxygen atoms in total. The average molecular weight is 451 g/mol. The summed E-state index contributed by atoms with van der Waals surface area (Å²) in [4.78, 5) is 26.4. The van der Waals surface area contributed by atoms with Crippen molar-refractivity contribution in [1.82, 2.24) is 4.31 Å². The molecule has 162 valence electrons. The molecule has 1 unspecified atom stereocenters. The van der Waals surface area contributed by atoms with E-state index in [4.69, 9.17) is 4.74 Å². The normalized spacial score (nSPS) is 17.5. The number of benzene rings is 1. The van der Waals surface area contributed by atoms with Gasteiger partial charge in [0.05, 0.1) is 23.0 Å². The first-order chi connectivity index (χ1) is 14.3. The first-order valence-corrected chi connectivity index (χ1v) is 12.1. The van der Waals surface area contributed by atoms with E-state index in [1.54, 1.807) is 37.3 Å². The van der Waals surface area contributed by atoms with E-state index in [1.165, 1.54) is 15.6 Å². The summed E-state index contributed by atoms with van der Waals surface area (Å²) in [5.74, 6) is -1.24. The van der Waals surface area contributed by atoms with Crippen LogP contribution >= 0.6 is 11.3 Å². The minimum Gasteiger partial charge on any atom is -0.462 e. The highest BCUT2D eigenvalue weighted by atomic mass is 32.2. The van der Waals surface area contributed by atoms with Crippen LogP contribution in [0.15, 0.2) is 35.2 Å². The van der Waals surface area contributed by atoms with Crippen LogP contribution in [0.3, 0.4) is 0 Å². The lowest BCUT2D eigenvalue weighted by Crippen LogP contribution is -2.43. The molecule has 1 aliphatic heterocycles. The number of rotatable bonds is 6. The van der Waals surface area contributed by atoms with Gasteiger partial charge in [0.15, 0.2) is 0 Å². The second-order valence-electron chi connectivity index (χ2n) is 7.21. The fraction of sp³-hybridized carbons (Fsp3) is 0.429. The quantitative estimate of drug-likeness (QED) is 0.679. The molecule has 1 aromatic carbocycles. The highest BCUT2D eigenvalue weighted by Gasteiger charge is 2.34. The fourth-order valence-electron chi connectivity index (χ4n) is 3.49. The van der Waals surface area contributed by atoms with E-state index >= 15 is 0 Å². The number of aryl methyl sites for hydroxylation is 1. The summed E-state index contributed by atoms with van der Waals surface area (Å²) in [5, 5.41) is 3.31. The first-order valence-electron chi connectivity index (χ1n) is 9.88. The van der Waals surface area contributed by atoms with Crippen molar-refractivity contribution < 1.29 is 22.7 Å². The second-order valence-corrected chi connectivity index (χ2v) is 10.4. The standard InChI is InChI=1S/C21H26N2O5S2/c1-4-28-21(25)18-14(2)15(3)29-20(18)22-19(24)16-9-8-12-23(13-16)30(26,27)17-10-6-5-7-11-17/h5-7,10-11,16H,4,8-9,12-13H2,1-3H3,(H,22,24). The number of nitrogens with zero attached hydrogens (tertiary/aromatic N) is 1. The molecule has 1 aliphatic rings. The van der Waals surface area contributed by atoms with Gasteiger partial charge in [0.25, 0.3) is 0 Å². The highest BCUT2D eigenvalue weighted by Crippen LogP contribution is 2.34. The van der Waals surface area contributed by atoms with Crippen molar-refractivity contribution in [2.24, 2.45) is 5.92 Å². The third-order valence-corrected chi connectivity index (χ3v) is 8.24. The van der Waals surface area contributed by atoms with Crippen LogP contribution in [0.2, 0.25) is 0 Å². The highest BCUT2D eigenvalue weighted by molar-refractivity contribution is 7.89. The van der Waals surface area contributed by atoms with Crippen LogP contribution in [0.4, 0.5) is 5.00 Å². The lowest BCUT2D eigenvalue weighted by molar-refractivity contribution is -0.120. The van der Waals surface area contributed by atoms with Gasteiger partial charge in [0, 0.05) is 18.0 Å². The maximum atomic E-state index is 13.0. The molecule has 1 saturated heterocycles. The largest absolute Gasteiger partial charge is 0.462 e. The Kier molecular flexibility index (Phi) is 6.95. The molecular formula is C21H26N2O5S2. The number of anilines is 1. The van der Waals surface area contributed by atoms with Crippen molar-refractivity contribution >= 4 is 38.2 Å². The zero-order chi connectivity index (χ0) is 21.9. The predicted molar refractivity (Wildman–Crippen MR) is 116 cm³/mol. The molecule has 2 heterocycles. The number of piperidine rings is 1. The number of esters is 1. The maximum absolute atomic E-state index is 13.0. The van der Waals surface area contributed by atoms with E-state index in [1.807, 2.05) is 13.8 Å². The Morgan fingerprint density at radius 1 is 1.23 bits per heavy atom. The molecule has 3 rings (SSSR count). The molecular weight excluding hydrogens is 424 g/mol. The first kappa shape index (κ1) is 22.5. The molecule has 0 radical (unpaired) electrons. The van der Waals surface area contributed by atoms with E-state index in [9.17, 15) is 18.0 Å². The van der Waals surface area contributed by atoms with Gasteiger partial charge < -0.3 is 10.1 Å². The Morgan fingerprint density at radius 2 is 1.93 bits per heavy atom. The molecule has 0 saturated carbocycles. The van der Waals surface area contributed by atoms with Gasteiger partial charge in [-0.25, -0.2) is 13.2 Å². The number of sulfonamides is 1. The summed E-state index contributed by atoms with van der Waals surface area (Å²) in [6.45, 7) is 6.17. The van der Waals surface area contributed by atoms with Crippen molar-refractivity contribution in [1.29, 1.82) is 0 Å². The fourth-order valence-corrected chi connectivity index (χ4v) is 6.09. The zero-order valence-corrected chi connectivity index (χ0v) is 18.9. The monoisotopic (exact) mass is 450 g/mol. The molecule has 1 atom stereocenters. The number of ether oxygens (including phenoxy) is 1. The summed E-state index contributed by atoms with van der Waals surface area (Å²) in [7, 11) is -3.65. The lowest BCUT2D eigenvalue weighted by atomic mass is 9.99. The molecule has 1 amide bonds. The summed E-state index contributed by atoms with van der Waals surface area (Å²) >= 11 is 1.33. The molecule has 0 spiro atoms. The SMILES string of the molecule is CCOC(=O)c1c(NC(=O)C2CCCN(S(=O)(=O)c3ccccc3)C2)sc(C)c1C. The third kappa shape index (κ3) is 4.58. The summed E-state index contributed by atoms with van der Waals surface area (Å²) in [6.07, 6.45) is 1.18. The molecule has 1 aromatic heterocycles. The smallest absolute Gasteiger partial charge is 0.341 e. The van der Waals surface area contributed by atoms with E-state index in [-0.39, 0.29) is 24.0 Å². The second kappa shape index (κ2) is 9.28. The van der Waals surface area contributed by atoms with Gasteiger partial charge in [-0.1, -0.05) is 18.2 Å². The molecule has 0 aliphatic carbocycles. The van der Waals surface area contributed by atoms with Crippen LogP contribution in [-0.2, 0) is 19.6 Å². The predicted octanol–water partition coefficient (Wildman–Crippen LogP) is 3.58. The van der Waals surface area contributed by atoms with E-state index in [2.05, 4.69) is 5.32 Å². The molecule has 1 N–H and O–H groups in total. The molecule has 9 heteroatoms. The number of nitrogens with one attached hydrogen (secondary N) is 1. The van der Waals surface area contributed by atoms with Gasteiger partial charge in [-0.2, -0.15) is 4.31 Å². The van der Waals surface area contributed by atoms with Crippen molar-refractivity contribution in [3.05, 3.63) is 46.3 Å². The zero-order valence-electron chi connectivity index (χ0n) is 17.3. The molecule has 2 aromatic rings. The Morgan fingerprint density at radius 3 is 2.60 bits per heavy atom. The van der Waals surface area contributed by atoms with E-state index in [0.29, 0.717) is 30.0 Å². The van der Waals surface area contributed by atoms with Crippen molar-refractivity contribution in [3.8, 4) is 0 Å². The number of hydrogen-bond acceptors (Lipinski definition) is 6. The van der Waals surface area contributed by atoms with Gasteiger partial charge in [0.1, 0.15) is 5.00 Å². The number of carbonyl (C=O) groups is 2. The summed E-state index contributed by atoms with van der Waals surface area (Å²) < 4.78 is 32.3. The van der Waals surface area contributed by atoms with E-state index in [0.717, 1.165) is 10.4 Å². The molecule has 1 fully saturated rings. The van der Waals surface area contributed by atoms with Gasteiger partial charge in [-0.15, -0.1) is 11.3 Å². The minimum absolute atomic E-state index is 0.112. The van der Waals surface area contributed by atoms with Crippen LogP contribution < -0.4 is 5.32 Å². The lowest BCUT2D eigenvalue weighted by Gasteiger charge is -2.31. The van der Waals surface area contributed by atoms with Crippen molar-refractivity contribution in [3.63, 3.8) is 0 Å². The number of thiophene rings is 1. The van der Waals surface area contributed by atoms with Gasteiger partial charge >= 0.3 is 5.97 Å². The number of amides is 1. The third-order valence-electron chi connectivity index (χ3n) is 5.24. The Bertz CT molecular complexity index is 1030. The summed E-state index contributed by atoms with van der Waals surface area (Å²) in [6, 6.07) is 8.24. The Hall–Kier alpha value is -2.23. The van der Waals surface area contributed by atoms with Gasteiger partial charge in [-0.05, 0) is 51.3 Å². The number of carbonyl (C=O) groups excluding carboxylic acids is 2. The Balaban J connectivity index is 1.77.